The van der Waals surface area contributed by atoms with Gasteiger partial charge < -0.3 is 16.0 Å². The smallest absolute Gasteiger partial charge is 0.329 e. The molecule has 94 valence electrons. The van der Waals surface area contributed by atoms with E-state index in [0.29, 0.717) is 0 Å². The number of rotatable bonds is 3. The summed E-state index contributed by atoms with van der Waals surface area (Å²) < 4.78 is 1.09. The highest BCUT2D eigenvalue weighted by molar-refractivity contribution is 5.81. The molecule has 0 fully saturated rings. The van der Waals surface area contributed by atoms with Crippen LogP contribution in [0.4, 0.5) is 11.5 Å². The van der Waals surface area contributed by atoms with Crippen LogP contribution in [0.3, 0.4) is 0 Å². The number of aromatic amines is 1. The van der Waals surface area contributed by atoms with E-state index >= 15 is 0 Å². The van der Waals surface area contributed by atoms with Gasteiger partial charge in [0.25, 0.3) is 5.56 Å². The maximum Gasteiger partial charge on any atom is 0.329 e. The lowest BCUT2D eigenvalue weighted by Crippen LogP contribution is -2.35. The quantitative estimate of drug-likeness (QED) is 0.575. The Hall–Kier alpha value is -2.25. The molecule has 1 aromatic rings. The lowest BCUT2D eigenvalue weighted by atomic mass is 10.4. The number of nitrogens with one attached hydrogen (secondary N) is 2. The van der Waals surface area contributed by atoms with Crippen molar-refractivity contribution in [3.63, 3.8) is 0 Å². The zero-order valence-electron chi connectivity index (χ0n) is 9.90. The first-order valence-corrected chi connectivity index (χ1v) is 4.87. The maximum atomic E-state index is 11.5. The molecule has 0 atom stereocenters. The van der Waals surface area contributed by atoms with Crippen molar-refractivity contribution in [1.29, 1.82) is 0 Å². The van der Waals surface area contributed by atoms with E-state index in [4.69, 9.17) is 5.73 Å². The Bertz CT molecular complexity index is 543. The fourth-order valence-electron chi connectivity index (χ4n) is 1.13. The third-order valence-corrected chi connectivity index (χ3v) is 2.28. The van der Waals surface area contributed by atoms with Crippen molar-refractivity contribution in [2.24, 2.45) is 7.05 Å². The Kier molecular flexibility index (Phi) is 3.56. The van der Waals surface area contributed by atoms with Crippen LogP contribution in [0.15, 0.2) is 9.59 Å². The lowest BCUT2D eigenvalue weighted by Gasteiger charge is -2.13. The highest BCUT2D eigenvalue weighted by Gasteiger charge is 2.11. The molecule has 17 heavy (non-hydrogen) atoms. The minimum Gasteiger partial charge on any atom is -0.383 e. The molecule has 0 aliphatic carbocycles. The van der Waals surface area contributed by atoms with Crippen LogP contribution in [-0.4, -0.2) is 41.0 Å². The SMILES string of the molecule is CN(C)C(=O)CNc1c(N)n(C)c(=O)[nH]c1=O. The summed E-state index contributed by atoms with van der Waals surface area (Å²) in [5.41, 5.74) is 4.38. The first kappa shape index (κ1) is 12.8. The summed E-state index contributed by atoms with van der Waals surface area (Å²) in [6.07, 6.45) is 0. The van der Waals surface area contributed by atoms with Crippen LogP contribution < -0.4 is 22.3 Å². The van der Waals surface area contributed by atoms with Crippen molar-refractivity contribution < 1.29 is 4.79 Å². The maximum absolute atomic E-state index is 11.5. The summed E-state index contributed by atoms with van der Waals surface area (Å²) in [5.74, 6) is -0.219. The van der Waals surface area contributed by atoms with E-state index in [1.54, 1.807) is 14.1 Å². The number of H-pyrrole nitrogens is 1. The number of nitrogens with two attached hydrogens (primary N) is 1. The molecule has 0 bridgehead atoms. The Morgan fingerprint density at radius 2 is 2.06 bits per heavy atom. The summed E-state index contributed by atoms with van der Waals surface area (Å²) in [6, 6.07) is 0. The molecule has 1 heterocycles. The standard InChI is InChI=1S/C9H15N5O3/c1-13(2)5(15)4-11-6-7(10)14(3)9(17)12-8(6)16/h11H,4,10H2,1-3H3,(H,12,16,17). The Labute approximate surface area is 97.0 Å². The molecule has 0 saturated heterocycles. The van der Waals surface area contributed by atoms with Crippen LogP contribution in [0.1, 0.15) is 0 Å². The normalized spacial score (nSPS) is 10.1. The van der Waals surface area contributed by atoms with Gasteiger partial charge in [-0.3, -0.25) is 19.1 Å². The fraction of sp³-hybridized carbons (Fsp3) is 0.444. The number of hydrogen-bond acceptors (Lipinski definition) is 5. The Balaban J connectivity index is 3.01. The lowest BCUT2D eigenvalue weighted by molar-refractivity contribution is -0.126. The molecular formula is C9H15N5O3. The third kappa shape index (κ3) is 2.65. The predicted octanol–water partition coefficient (Wildman–Crippen LogP) is -1.84. The highest BCUT2D eigenvalue weighted by Crippen LogP contribution is 2.07. The molecule has 0 radical (unpaired) electrons. The predicted molar refractivity (Wildman–Crippen MR) is 63.9 cm³/mol. The largest absolute Gasteiger partial charge is 0.383 e. The summed E-state index contributed by atoms with van der Waals surface area (Å²) in [7, 11) is 4.61. The molecule has 0 unspecified atom stereocenters. The summed E-state index contributed by atoms with van der Waals surface area (Å²) >= 11 is 0. The van der Waals surface area contributed by atoms with E-state index in [-0.39, 0.29) is 24.0 Å². The van der Waals surface area contributed by atoms with Crippen molar-refractivity contribution in [2.75, 3.05) is 31.7 Å². The minimum atomic E-state index is -0.642. The van der Waals surface area contributed by atoms with Gasteiger partial charge in [0.15, 0.2) is 0 Å². The van der Waals surface area contributed by atoms with E-state index < -0.39 is 11.2 Å². The van der Waals surface area contributed by atoms with Crippen LogP contribution >= 0.6 is 0 Å². The molecule has 4 N–H and O–H groups in total. The molecule has 1 rings (SSSR count). The van der Waals surface area contributed by atoms with Crippen molar-refractivity contribution in [1.82, 2.24) is 14.5 Å². The highest BCUT2D eigenvalue weighted by atomic mass is 16.2. The van der Waals surface area contributed by atoms with E-state index in [0.717, 1.165) is 4.57 Å². The third-order valence-electron chi connectivity index (χ3n) is 2.28. The van der Waals surface area contributed by atoms with Crippen LogP contribution in [0.2, 0.25) is 0 Å². The van der Waals surface area contributed by atoms with Gasteiger partial charge in [0.2, 0.25) is 5.91 Å². The van der Waals surface area contributed by atoms with Crippen LogP contribution in [0.5, 0.6) is 0 Å². The van der Waals surface area contributed by atoms with Crippen LogP contribution in [0, 0.1) is 0 Å². The molecule has 1 amide bonds. The number of carbonyl (C=O) groups is 1. The number of hydrogen-bond donors (Lipinski definition) is 3. The second-order valence-corrected chi connectivity index (χ2v) is 3.72. The van der Waals surface area contributed by atoms with E-state index in [1.165, 1.54) is 11.9 Å². The number of carbonyl (C=O) groups excluding carboxylic acids is 1. The van der Waals surface area contributed by atoms with Crippen LogP contribution in [0.25, 0.3) is 0 Å². The van der Waals surface area contributed by atoms with Gasteiger partial charge in [-0.05, 0) is 0 Å². The topological polar surface area (TPSA) is 113 Å². The fourth-order valence-corrected chi connectivity index (χ4v) is 1.13. The molecule has 0 saturated carbocycles. The second-order valence-electron chi connectivity index (χ2n) is 3.72. The zero-order chi connectivity index (χ0) is 13.2. The molecule has 8 nitrogen and oxygen atoms in total. The van der Waals surface area contributed by atoms with Crippen molar-refractivity contribution in [2.45, 2.75) is 0 Å². The average Bonchev–Trinajstić information content (AvgIpc) is 2.25. The van der Waals surface area contributed by atoms with Crippen molar-refractivity contribution >= 4 is 17.4 Å². The van der Waals surface area contributed by atoms with Crippen molar-refractivity contribution in [3.8, 4) is 0 Å². The molecular weight excluding hydrogens is 226 g/mol. The number of nitrogens with zero attached hydrogens (tertiary/aromatic N) is 2. The zero-order valence-corrected chi connectivity index (χ0v) is 9.90. The van der Waals surface area contributed by atoms with Gasteiger partial charge in [-0.25, -0.2) is 4.79 Å². The Morgan fingerprint density at radius 1 is 1.47 bits per heavy atom. The summed E-state index contributed by atoms with van der Waals surface area (Å²) in [4.78, 5) is 37.4. The van der Waals surface area contributed by atoms with E-state index in [2.05, 4.69) is 10.3 Å². The number of likely N-dealkylation sites (N-methyl/N-ethyl adjacent to an activating group) is 1. The molecule has 0 aliphatic heterocycles. The van der Waals surface area contributed by atoms with Gasteiger partial charge in [-0.15, -0.1) is 0 Å². The van der Waals surface area contributed by atoms with Gasteiger partial charge in [0.1, 0.15) is 11.5 Å². The minimum absolute atomic E-state index is 0.00898. The first-order valence-electron chi connectivity index (χ1n) is 4.87. The first-order chi connectivity index (χ1) is 7.84. The average molecular weight is 241 g/mol. The number of amides is 1. The number of anilines is 2. The van der Waals surface area contributed by atoms with Gasteiger partial charge in [0.05, 0.1) is 6.54 Å². The number of aromatic nitrogens is 2. The molecule has 0 spiro atoms. The van der Waals surface area contributed by atoms with E-state index in [1.807, 2.05) is 0 Å². The number of nitrogen functional groups attached to an aromatic ring is 1. The van der Waals surface area contributed by atoms with Gasteiger partial charge in [-0.2, -0.15) is 0 Å². The van der Waals surface area contributed by atoms with Crippen LogP contribution in [-0.2, 0) is 11.8 Å². The summed E-state index contributed by atoms with van der Waals surface area (Å²) in [6.45, 7) is -0.0709. The van der Waals surface area contributed by atoms with Gasteiger partial charge in [-0.1, -0.05) is 0 Å². The molecule has 8 heteroatoms. The molecule has 0 aliphatic rings. The van der Waals surface area contributed by atoms with Crippen molar-refractivity contribution in [3.05, 3.63) is 20.8 Å². The summed E-state index contributed by atoms with van der Waals surface area (Å²) in [5, 5.41) is 2.61. The van der Waals surface area contributed by atoms with Gasteiger partial charge >= 0.3 is 5.69 Å². The molecule has 0 aromatic carbocycles. The Morgan fingerprint density at radius 3 is 2.59 bits per heavy atom. The second kappa shape index (κ2) is 4.73. The monoisotopic (exact) mass is 241 g/mol. The molecule has 1 aromatic heterocycles. The van der Waals surface area contributed by atoms with Gasteiger partial charge in [0, 0.05) is 21.1 Å². The van der Waals surface area contributed by atoms with E-state index in [9.17, 15) is 14.4 Å².